The summed E-state index contributed by atoms with van der Waals surface area (Å²) in [6.07, 6.45) is -4.30. The molecule has 7 heteroatoms. The van der Waals surface area contributed by atoms with E-state index < -0.39 is 34.5 Å². The van der Waals surface area contributed by atoms with Crippen molar-refractivity contribution in [2.24, 2.45) is 0 Å². The molecule has 20 heavy (non-hydrogen) atoms. The summed E-state index contributed by atoms with van der Waals surface area (Å²) in [5.41, 5.74) is 0.491. The van der Waals surface area contributed by atoms with Crippen molar-refractivity contribution >= 4 is 9.84 Å². The molecule has 1 aromatic rings. The molecule has 0 aliphatic heterocycles. The summed E-state index contributed by atoms with van der Waals surface area (Å²) in [7, 11) is -3.24. The Morgan fingerprint density at radius 1 is 1.20 bits per heavy atom. The van der Waals surface area contributed by atoms with E-state index in [0.717, 1.165) is 6.26 Å². The van der Waals surface area contributed by atoms with Crippen molar-refractivity contribution in [3.63, 3.8) is 0 Å². The lowest BCUT2D eigenvalue weighted by atomic mass is 10.0. The van der Waals surface area contributed by atoms with Gasteiger partial charge in [0.15, 0.2) is 0 Å². The normalized spacial score (nSPS) is 15.8. The molecule has 114 valence electrons. The molecule has 0 saturated carbocycles. The first-order chi connectivity index (χ1) is 9.07. The monoisotopic (exact) mass is 309 g/mol. The van der Waals surface area contributed by atoms with E-state index >= 15 is 0 Å². The van der Waals surface area contributed by atoms with Gasteiger partial charge in [0.05, 0.1) is 12.2 Å². The largest absolute Gasteiger partial charge is 0.390 e. The molecular weight excluding hydrogens is 291 g/mol. The molecule has 0 radical (unpaired) electrons. The van der Waals surface area contributed by atoms with Gasteiger partial charge in [-0.3, -0.25) is 0 Å². The number of rotatable bonds is 6. The highest BCUT2D eigenvalue weighted by atomic mass is 32.2. The predicted molar refractivity (Wildman–Crippen MR) is 72.2 cm³/mol. The number of sulfone groups is 1. The van der Waals surface area contributed by atoms with Crippen LogP contribution >= 0.6 is 0 Å². The van der Waals surface area contributed by atoms with Gasteiger partial charge in [-0.2, -0.15) is 13.2 Å². The van der Waals surface area contributed by atoms with Crippen LogP contribution in [0.15, 0.2) is 30.3 Å². The van der Waals surface area contributed by atoms with E-state index in [4.69, 9.17) is 0 Å². The van der Waals surface area contributed by atoms with Crippen LogP contribution in [0.5, 0.6) is 0 Å². The molecule has 0 aromatic heterocycles. The zero-order valence-electron chi connectivity index (χ0n) is 11.3. The molecule has 0 heterocycles. The van der Waals surface area contributed by atoms with E-state index in [0.29, 0.717) is 5.56 Å². The Morgan fingerprint density at radius 3 is 2.20 bits per heavy atom. The third-order valence-electron chi connectivity index (χ3n) is 2.68. The Labute approximate surface area is 117 Å². The zero-order valence-corrected chi connectivity index (χ0v) is 12.1. The Balaban J connectivity index is 2.84. The first-order valence-electron chi connectivity index (χ1n) is 6.12. The summed E-state index contributed by atoms with van der Waals surface area (Å²) >= 11 is 0. The van der Waals surface area contributed by atoms with E-state index in [1.54, 1.807) is 37.3 Å². The molecule has 0 fully saturated rings. The Morgan fingerprint density at radius 2 is 1.75 bits per heavy atom. The van der Waals surface area contributed by atoms with Crippen LogP contribution in [0.25, 0.3) is 0 Å². The van der Waals surface area contributed by atoms with Crippen LogP contribution in [0, 0.1) is 0 Å². The van der Waals surface area contributed by atoms with Gasteiger partial charge >= 0.3 is 6.18 Å². The van der Waals surface area contributed by atoms with Gasteiger partial charge in [-0.25, -0.2) is 8.42 Å². The average Bonchev–Trinajstić information content (AvgIpc) is 2.25. The molecule has 0 spiro atoms. The van der Waals surface area contributed by atoms with Crippen LogP contribution in [0.3, 0.4) is 0 Å². The van der Waals surface area contributed by atoms with Gasteiger partial charge < -0.3 is 5.32 Å². The average molecular weight is 309 g/mol. The molecule has 1 rings (SSSR count). The molecule has 0 amide bonds. The first-order valence-corrected chi connectivity index (χ1v) is 8.18. The Hall–Kier alpha value is -1.08. The number of nitrogens with one attached hydrogen (secondary N) is 1. The van der Waals surface area contributed by atoms with Crippen molar-refractivity contribution in [1.29, 1.82) is 0 Å². The highest BCUT2D eigenvalue weighted by molar-refractivity contribution is 7.90. The molecular formula is C13H18F3NO2S. The minimum absolute atomic E-state index is 0.200. The smallest absolute Gasteiger partial charge is 0.306 e. The molecule has 1 N–H and O–H groups in total. The summed E-state index contributed by atoms with van der Waals surface area (Å²) < 4.78 is 60.2. The van der Waals surface area contributed by atoms with Gasteiger partial charge in [-0.1, -0.05) is 30.3 Å². The van der Waals surface area contributed by atoms with E-state index in [-0.39, 0.29) is 5.75 Å². The fourth-order valence-corrected chi connectivity index (χ4v) is 3.04. The molecule has 0 aliphatic rings. The Kier molecular flexibility index (Phi) is 5.59. The molecule has 2 unspecified atom stereocenters. The summed E-state index contributed by atoms with van der Waals surface area (Å²) in [5.74, 6) is -0.200. The number of hydrogen-bond acceptors (Lipinski definition) is 3. The van der Waals surface area contributed by atoms with Crippen LogP contribution in [-0.2, 0) is 9.84 Å². The zero-order chi connectivity index (χ0) is 15.4. The predicted octanol–water partition coefficient (Wildman–Crippen LogP) is 2.70. The maximum Gasteiger partial charge on any atom is 0.390 e. The van der Waals surface area contributed by atoms with E-state index in [2.05, 4.69) is 5.32 Å². The van der Waals surface area contributed by atoms with Gasteiger partial charge in [0.1, 0.15) is 9.84 Å². The van der Waals surface area contributed by atoms with Crippen molar-refractivity contribution in [1.82, 2.24) is 5.32 Å². The minimum atomic E-state index is -4.32. The minimum Gasteiger partial charge on any atom is -0.306 e. The van der Waals surface area contributed by atoms with Gasteiger partial charge in [0.2, 0.25) is 0 Å². The highest BCUT2D eigenvalue weighted by Crippen LogP contribution is 2.29. The third-order valence-corrected chi connectivity index (χ3v) is 3.78. The second kappa shape index (κ2) is 6.58. The maximum atomic E-state index is 12.6. The van der Waals surface area contributed by atoms with E-state index in [1.807, 2.05) is 0 Å². The molecule has 2 atom stereocenters. The van der Waals surface area contributed by atoms with Gasteiger partial charge in [0.25, 0.3) is 0 Å². The number of benzene rings is 1. The molecule has 0 bridgehead atoms. The first kappa shape index (κ1) is 17.0. The maximum absolute atomic E-state index is 12.6. The van der Waals surface area contributed by atoms with Crippen LogP contribution in [-0.4, -0.2) is 32.6 Å². The standard InChI is InChI=1S/C13H18F3NO2S/c1-10(9-20(2,18)19)17-12(8-13(14,15)16)11-6-4-3-5-7-11/h3-7,10,12,17H,8-9H2,1-2H3. The Bertz CT molecular complexity index is 514. The summed E-state index contributed by atoms with van der Waals surface area (Å²) in [6.45, 7) is 1.56. The SMILES string of the molecule is CC(CS(C)(=O)=O)NC(CC(F)(F)F)c1ccccc1. The van der Waals surface area contributed by atoms with Gasteiger partial charge in [-0.05, 0) is 12.5 Å². The van der Waals surface area contributed by atoms with Crippen molar-refractivity contribution in [2.75, 3.05) is 12.0 Å². The number of hydrogen-bond donors (Lipinski definition) is 1. The van der Waals surface area contributed by atoms with Crippen molar-refractivity contribution in [3.8, 4) is 0 Å². The third kappa shape index (κ3) is 6.91. The lowest BCUT2D eigenvalue weighted by molar-refractivity contribution is -0.140. The molecule has 0 saturated heterocycles. The van der Waals surface area contributed by atoms with E-state index in [9.17, 15) is 21.6 Å². The highest BCUT2D eigenvalue weighted by Gasteiger charge is 2.33. The molecule has 3 nitrogen and oxygen atoms in total. The second-order valence-corrected chi connectivity index (χ2v) is 7.13. The molecule has 0 aliphatic carbocycles. The van der Waals surface area contributed by atoms with Crippen molar-refractivity contribution in [2.45, 2.75) is 31.6 Å². The van der Waals surface area contributed by atoms with Crippen LogP contribution < -0.4 is 5.32 Å². The van der Waals surface area contributed by atoms with Crippen LogP contribution in [0.2, 0.25) is 0 Å². The van der Waals surface area contributed by atoms with Gasteiger partial charge in [-0.15, -0.1) is 0 Å². The fraction of sp³-hybridized carbons (Fsp3) is 0.538. The summed E-state index contributed by atoms with van der Waals surface area (Å²) in [5, 5.41) is 2.75. The second-order valence-electron chi connectivity index (χ2n) is 4.94. The number of halogens is 3. The van der Waals surface area contributed by atoms with Crippen molar-refractivity contribution < 1.29 is 21.6 Å². The van der Waals surface area contributed by atoms with Gasteiger partial charge in [0, 0.05) is 18.3 Å². The summed E-state index contributed by atoms with van der Waals surface area (Å²) in [6, 6.07) is 6.70. The van der Waals surface area contributed by atoms with Crippen LogP contribution in [0.1, 0.15) is 24.9 Å². The molecule has 1 aromatic carbocycles. The number of alkyl halides is 3. The lowest BCUT2D eigenvalue weighted by Gasteiger charge is -2.24. The summed E-state index contributed by atoms with van der Waals surface area (Å²) in [4.78, 5) is 0. The lowest BCUT2D eigenvalue weighted by Crippen LogP contribution is -2.37. The van der Waals surface area contributed by atoms with E-state index in [1.165, 1.54) is 0 Å². The fourth-order valence-electron chi connectivity index (χ4n) is 2.04. The van der Waals surface area contributed by atoms with Crippen molar-refractivity contribution in [3.05, 3.63) is 35.9 Å². The van der Waals surface area contributed by atoms with Crippen LogP contribution in [0.4, 0.5) is 13.2 Å². The quantitative estimate of drug-likeness (QED) is 0.879. The topological polar surface area (TPSA) is 46.2 Å².